The van der Waals surface area contributed by atoms with E-state index < -0.39 is 16.3 Å². The van der Waals surface area contributed by atoms with Gasteiger partial charge < -0.3 is 23.8 Å². The van der Waals surface area contributed by atoms with Gasteiger partial charge >= 0.3 is 5.97 Å². The fourth-order valence-corrected chi connectivity index (χ4v) is 4.86. The Kier molecular flexibility index (Phi) is 6.26. The number of pyridine rings is 1. The maximum Gasteiger partial charge on any atom is 0.343 e. The van der Waals surface area contributed by atoms with E-state index in [1.165, 1.54) is 6.07 Å². The number of fused-ring (bicyclic) bond motifs is 1. The van der Waals surface area contributed by atoms with Crippen LogP contribution in [-0.4, -0.2) is 55.4 Å². The molecule has 1 aliphatic heterocycles. The van der Waals surface area contributed by atoms with Crippen molar-refractivity contribution in [3.05, 3.63) is 68.5 Å². The standard InChI is InChI=1S/C26H28N4O6/c1-3-36-26(32)19-16-29(17-8-9-17)21-15-22(23(30(33)34)14-18(21)25(19)31)28-12-10-27(11-13-28)20-6-4-5-7-24(20)35-2/h4-7,14-17H,3,8-13H2,1-2H3. The van der Waals surface area contributed by atoms with Crippen molar-refractivity contribution in [2.45, 2.75) is 25.8 Å². The van der Waals surface area contributed by atoms with Gasteiger partial charge in [-0.2, -0.15) is 0 Å². The van der Waals surface area contributed by atoms with Gasteiger partial charge in [0.2, 0.25) is 5.43 Å². The first-order chi connectivity index (χ1) is 17.4. The second-order valence-corrected chi connectivity index (χ2v) is 8.99. The maximum absolute atomic E-state index is 13.2. The summed E-state index contributed by atoms with van der Waals surface area (Å²) >= 11 is 0. The van der Waals surface area contributed by atoms with Crippen LogP contribution in [0.5, 0.6) is 5.75 Å². The highest BCUT2D eigenvalue weighted by atomic mass is 16.6. The molecule has 36 heavy (non-hydrogen) atoms. The summed E-state index contributed by atoms with van der Waals surface area (Å²) in [5, 5.41) is 12.3. The predicted octanol–water partition coefficient (Wildman–Crippen LogP) is 3.76. The average Bonchev–Trinajstić information content (AvgIpc) is 3.74. The van der Waals surface area contributed by atoms with E-state index in [-0.39, 0.29) is 29.3 Å². The highest BCUT2D eigenvalue weighted by Gasteiger charge is 2.31. The average molecular weight is 493 g/mol. The molecule has 2 aliphatic rings. The summed E-state index contributed by atoms with van der Waals surface area (Å²) in [6.07, 6.45) is 3.39. The molecule has 2 heterocycles. The van der Waals surface area contributed by atoms with Crippen molar-refractivity contribution >= 4 is 33.9 Å². The molecular weight excluding hydrogens is 464 g/mol. The normalized spacial score (nSPS) is 15.7. The van der Waals surface area contributed by atoms with Gasteiger partial charge in [-0.15, -0.1) is 0 Å². The summed E-state index contributed by atoms with van der Waals surface area (Å²) in [4.78, 5) is 41.5. The van der Waals surface area contributed by atoms with E-state index in [1.54, 1.807) is 26.3 Å². The SMILES string of the molecule is CCOC(=O)c1cn(C2CC2)c2cc(N3CCN(c4ccccc4OC)CC3)c([N+](=O)[O-])cc2c1=O. The molecule has 0 bridgehead atoms. The van der Waals surface area contributed by atoms with Crippen LogP contribution >= 0.6 is 0 Å². The van der Waals surface area contributed by atoms with Gasteiger partial charge in [0, 0.05) is 44.5 Å². The molecule has 5 rings (SSSR count). The molecule has 1 aromatic heterocycles. The lowest BCUT2D eigenvalue weighted by molar-refractivity contribution is -0.384. The third-order valence-corrected chi connectivity index (χ3v) is 6.81. The van der Waals surface area contributed by atoms with Crippen molar-refractivity contribution < 1.29 is 19.2 Å². The van der Waals surface area contributed by atoms with Gasteiger partial charge in [-0.25, -0.2) is 4.79 Å². The Bertz CT molecular complexity index is 1390. The lowest BCUT2D eigenvalue weighted by Gasteiger charge is -2.37. The number of hydrogen-bond donors (Lipinski definition) is 0. The largest absolute Gasteiger partial charge is 0.495 e. The van der Waals surface area contributed by atoms with Gasteiger partial charge in [0.15, 0.2) is 0 Å². The first-order valence-electron chi connectivity index (χ1n) is 12.1. The second-order valence-electron chi connectivity index (χ2n) is 8.99. The topological polar surface area (TPSA) is 107 Å². The van der Waals surface area contributed by atoms with Gasteiger partial charge in [-0.05, 0) is 38.0 Å². The molecule has 0 radical (unpaired) electrons. The molecule has 3 aromatic rings. The first-order valence-corrected chi connectivity index (χ1v) is 12.1. The van der Waals surface area contributed by atoms with Crippen molar-refractivity contribution in [2.24, 2.45) is 0 Å². The Hall–Kier alpha value is -4.08. The minimum absolute atomic E-state index is 0.0938. The number of piperazine rings is 1. The number of benzene rings is 2. The van der Waals surface area contributed by atoms with E-state index in [2.05, 4.69) is 4.90 Å². The second kappa shape index (κ2) is 9.52. The van der Waals surface area contributed by atoms with Crippen molar-refractivity contribution in [2.75, 3.05) is 49.7 Å². The Morgan fingerprint density at radius 3 is 2.36 bits per heavy atom. The molecule has 1 aliphatic carbocycles. The van der Waals surface area contributed by atoms with Gasteiger partial charge in [0.25, 0.3) is 5.69 Å². The smallest absolute Gasteiger partial charge is 0.343 e. The number of carbonyl (C=O) groups is 1. The van der Waals surface area contributed by atoms with Crippen LogP contribution in [-0.2, 0) is 4.74 Å². The summed E-state index contributed by atoms with van der Waals surface area (Å²) in [5.41, 5.74) is 1.28. The summed E-state index contributed by atoms with van der Waals surface area (Å²) in [6.45, 7) is 4.26. The minimum atomic E-state index is -0.710. The Balaban J connectivity index is 1.54. The molecule has 2 fully saturated rings. The van der Waals surface area contributed by atoms with Crippen LogP contribution < -0.4 is 20.0 Å². The number of nitro benzene ring substituents is 1. The highest BCUT2D eigenvalue weighted by Crippen LogP contribution is 2.40. The maximum atomic E-state index is 13.2. The summed E-state index contributed by atoms with van der Waals surface area (Å²) in [6, 6.07) is 11.0. The van der Waals surface area contributed by atoms with Crippen molar-refractivity contribution in [3.8, 4) is 5.75 Å². The minimum Gasteiger partial charge on any atom is -0.495 e. The zero-order chi connectivity index (χ0) is 25.4. The highest BCUT2D eigenvalue weighted by molar-refractivity contribution is 5.96. The third kappa shape index (κ3) is 4.23. The van der Waals surface area contributed by atoms with E-state index in [9.17, 15) is 19.7 Å². The number of aromatic nitrogens is 1. The number of ether oxygens (including phenoxy) is 2. The van der Waals surface area contributed by atoms with Gasteiger partial charge in [-0.3, -0.25) is 14.9 Å². The van der Waals surface area contributed by atoms with Crippen molar-refractivity contribution in [1.29, 1.82) is 0 Å². The molecule has 0 amide bonds. The lowest BCUT2D eigenvalue weighted by Crippen LogP contribution is -2.46. The molecule has 0 spiro atoms. The fourth-order valence-electron chi connectivity index (χ4n) is 4.86. The number of rotatable bonds is 7. The summed E-state index contributed by atoms with van der Waals surface area (Å²) < 4.78 is 12.5. The molecule has 0 atom stereocenters. The van der Waals surface area contributed by atoms with Gasteiger partial charge in [0.05, 0.1) is 35.2 Å². The number of hydrogen-bond acceptors (Lipinski definition) is 8. The molecular formula is C26H28N4O6. The summed E-state index contributed by atoms with van der Waals surface area (Å²) in [5.74, 6) is 0.0754. The Morgan fingerprint density at radius 2 is 1.75 bits per heavy atom. The van der Waals surface area contributed by atoms with Crippen LogP contribution in [0.3, 0.4) is 0 Å². The number of carbonyl (C=O) groups excluding carboxylic acids is 1. The van der Waals surface area contributed by atoms with Crippen LogP contribution in [0.25, 0.3) is 10.9 Å². The van der Waals surface area contributed by atoms with Gasteiger partial charge in [-0.1, -0.05) is 12.1 Å². The van der Waals surface area contributed by atoms with Gasteiger partial charge in [0.1, 0.15) is 17.0 Å². The number of nitro groups is 1. The quantitative estimate of drug-likeness (QED) is 0.279. The monoisotopic (exact) mass is 492 g/mol. The molecule has 0 unspecified atom stereocenters. The van der Waals surface area contributed by atoms with Crippen LogP contribution in [0, 0.1) is 10.1 Å². The Labute approximate surface area is 207 Å². The Morgan fingerprint density at radius 1 is 1.08 bits per heavy atom. The van der Waals surface area contributed by atoms with Crippen molar-refractivity contribution in [1.82, 2.24) is 4.57 Å². The molecule has 1 saturated heterocycles. The summed E-state index contributed by atoms with van der Waals surface area (Å²) in [7, 11) is 1.64. The zero-order valence-electron chi connectivity index (χ0n) is 20.3. The number of methoxy groups -OCH3 is 1. The zero-order valence-corrected chi connectivity index (χ0v) is 20.3. The van der Waals surface area contributed by atoms with E-state index in [0.29, 0.717) is 37.4 Å². The van der Waals surface area contributed by atoms with E-state index in [0.717, 1.165) is 24.3 Å². The predicted molar refractivity (Wildman–Crippen MR) is 137 cm³/mol. The molecule has 10 nitrogen and oxygen atoms in total. The number of para-hydroxylation sites is 2. The van der Waals surface area contributed by atoms with E-state index in [4.69, 9.17) is 9.47 Å². The van der Waals surface area contributed by atoms with Crippen LogP contribution in [0.2, 0.25) is 0 Å². The van der Waals surface area contributed by atoms with E-state index >= 15 is 0 Å². The lowest BCUT2D eigenvalue weighted by atomic mass is 10.1. The van der Waals surface area contributed by atoms with E-state index in [1.807, 2.05) is 33.7 Å². The third-order valence-electron chi connectivity index (χ3n) is 6.81. The molecule has 10 heteroatoms. The molecule has 1 saturated carbocycles. The van der Waals surface area contributed by atoms with Crippen LogP contribution in [0.4, 0.5) is 17.1 Å². The molecule has 2 aromatic carbocycles. The number of esters is 1. The van der Waals surface area contributed by atoms with Crippen LogP contribution in [0.15, 0.2) is 47.4 Å². The fraction of sp³-hybridized carbons (Fsp3) is 0.385. The first kappa shape index (κ1) is 23.7. The molecule has 0 N–H and O–H groups in total. The molecule has 188 valence electrons. The number of anilines is 2. The van der Waals surface area contributed by atoms with Crippen molar-refractivity contribution in [3.63, 3.8) is 0 Å². The number of nitrogens with zero attached hydrogens (tertiary/aromatic N) is 4. The van der Waals surface area contributed by atoms with Crippen LogP contribution in [0.1, 0.15) is 36.2 Å².